The Morgan fingerprint density at radius 1 is 1.60 bits per heavy atom. The maximum Gasteiger partial charge on any atom is 0.150 e. The Morgan fingerprint density at radius 3 is 2.10 bits per heavy atom. The molecule has 0 radical (unpaired) electrons. The number of Topliss-reactive ketones (excluding diaryl/α,β-unsaturated/α-hetero) is 1. The van der Waals surface area contributed by atoms with Crippen molar-refractivity contribution in [1.29, 1.82) is 0 Å². The van der Waals surface area contributed by atoms with Gasteiger partial charge in [0.2, 0.25) is 0 Å². The van der Waals surface area contributed by atoms with Crippen LogP contribution in [0.4, 0.5) is 0 Å². The molecular formula is C7H17NOS. The van der Waals surface area contributed by atoms with E-state index in [2.05, 4.69) is 12.6 Å². The molecule has 0 aliphatic heterocycles. The molecule has 0 aromatic rings. The molecule has 0 saturated carbocycles. The topological polar surface area (TPSA) is 43.1 Å². The molecule has 0 heterocycles. The Labute approximate surface area is 68.6 Å². The Morgan fingerprint density at radius 2 is 2.00 bits per heavy atom. The van der Waals surface area contributed by atoms with Gasteiger partial charge in [-0.25, -0.2) is 0 Å². The predicted molar refractivity (Wildman–Crippen MR) is 48.5 cm³/mol. The maximum absolute atomic E-state index is 10.6. The number of carbonyl (C=O) groups is 1. The Kier molecular flexibility index (Phi) is 11.3. The highest BCUT2D eigenvalue weighted by molar-refractivity contribution is 7.80. The zero-order valence-corrected chi connectivity index (χ0v) is 7.82. The number of thiol groups is 1. The fraction of sp³-hybridized carbons (Fsp3) is 0.857. The highest BCUT2D eigenvalue weighted by Gasteiger charge is 2.06. The Hall–Kier alpha value is -0.0200. The van der Waals surface area contributed by atoms with Crippen LogP contribution in [0.1, 0.15) is 27.2 Å². The summed E-state index contributed by atoms with van der Waals surface area (Å²) in [4.78, 5) is 10.6. The van der Waals surface area contributed by atoms with Gasteiger partial charge in [-0.3, -0.25) is 4.79 Å². The lowest BCUT2D eigenvalue weighted by atomic mass is 10.2. The van der Waals surface area contributed by atoms with E-state index in [0.29, 0.717) is 12.2 Å². The van der Waals surface area contributed by atoms with E-state index < -0.39 is 0 Å². The van der Waals surface area contributed by atoms with Crippen molar-refractivity contribution in [2.75, 3.05) is 5.75 Å². The molecule has 0 aliphatic rings. The van der Waals surface area contributed by atoms with Crippen LogP contribution in [0.15, 0.2) is 0 Å². The molecule has 62 valence electrons. The average molecular weight is 163 g/mol. The van der Waals surface area contributed by atoms with Gasteiger partial charge >= 0.3 is 0 Å². The number of hydrogen-bond donors (Lipinski definition) is 2. The zero-order chi connectivity index (χ0) is 8.57. The van der Waals surface area contributed by atoms with Gasteiger partial charge in [0.15, 0.2) is 0 Å². The molecule has 0 aliphatic carbocycles. The number of ketones is 1. The van der Waals surface area contributed by atoms with Crippen LogP contribution in [0.5, 0.6) is 0 Å². The van der Waals surface area contributed by atoms with Crippen molar-refractivity contribution in [3.63, 3.8) is 0 Å². The molecular weight excluding hydrogens is 146 g/mol. The smallest absolute Gasteiger partial charge is 0.150 e. The molecule has 0 spiro atoms. The quantitative estimate of drug-likeness (QED) is 0.615. The van der Waals surface area contributed by atoms with Crippen LogP contribution in [0, 0.1) is 0 Å². The largest absolute Gasteiger partial charge is 0.321 e. The van der Waals surface area contributed by atoms with Crippen molar-refractivity contribution in [2.24, 2.45) is 5.73 Å². The van der Waals surface area contributed by atoms with Crippen LogP contribution in [0.25, 0.3) is 0 Å². The molecule has 0 aromatic carbocycles. The summed E-state index contributed by atoms with van der Waals surface area (Å²) in [5, 5.41) is 0. The van der Waals surface area contributed by atoms with E-state index in [1.165, 1.54) is 0 Å². The Bertz CT molecular complexity index is 85.7. The van der Waals surface area contributed by atoms with Gasteiger partial charge in [0.25, 0.3) is 0 Å². The van der Waals surface area contributed by atoms with Crippen molar-refractivity contribution in [2.45, 2.75) is 33.2 Å². The second-order valence-electron chi connectivity index (χ2n) is 1.61. The number of hydrogen-bond acceptors (Lipinski definition) is 3. The Balaban J connectivity index is 0. The minimum absolute atomic E-state index is 0.0833. The molecule has 3 heteroatoms. The SMILES string of the molecule is CC.CCC(=O)C(N)CS. The number of nitrogens with two attached hydrogens (primary N) is 1. The summed E-state index contributed by atoms with van der Waals surface area (Å²) in [5.41, 5.74) is 5.30. The minimum atomic E-state index is -0.358. The van der Waals surface area contributed by atoms with Gasteiger partial charge in [-0.15, -0.1) is 0 Å². The number of rotatable bonds is 3. The third-order valence-corrected chi connectivity index (χ3v) is 1.35. The van der Waals surface area contributed by atoms with E-state index >= 15 is 0 Å². The summed E-state index contributed by atoms with van der Waals surface area (Å²) in [7, 11) is 0. The van der Waals surface area contributed by atoms with E-state index in [4.69, 9.17) is 5.73 Å². The number of carbonyl (C=O) groups excluding carboxylic acids is 1. The van der Waals surface area contributed by atoms with Gasteiger partial charge in [-0.05, 0) is 0 Å². The first-order valence-electron chi connectivity index (χ1n) is 3.61. The highest BCUT2D eigenvalue weighted by atomic mass is 32.1. The molecule has 0 amide bonds. The summed E-state index contributed by atoms with van der Waals surface area (Å²) >= 11 is 3.86. The average Bonchev–Trinajstić information content (AvgIpc) is 2.05. The second kappa shape index (κ2) is 8.98. The van der Waals surface area contributed by atoms with E-state index in [-0.39, 0.29) is 11.8 Å². The zero-order valence-electron chi connectivity index (χ0n) is 6.92. The van der Waals surface area contributed by atoms with E-state index in [1.54, 1.807) is 6.92 Å². The second-order valence-corrected chi connectivity index (χ2v) is 1.97. The van der Waals surface area contributed by atoms with Crippen LogP contribution < -0.4 is 5.73 Å². The van der Waals surface area contributed by atoms with Gasteiger partial charge in [-0.2, -0.15) is 12.6 Å². The first kappa shape index (κ1) is 12.6. The standard InChI is InChI=1S/C5H11NOS.C2H6/c1-2-5(7)4(6)3-8;1-2/h4,8H,2-3,6H2,1H3;1-2H3. The monoisotopic (exact) mass is 163 g/mol. The summed E-state index contributed by atoms with van der Waals surface area (Å²) in [6.45, 7) is 5.80. The molecule has 0 aromatic heterocycles. The van der Waals surface area contributed by atoms with Crippen LogP contribution >= 0.6 is 12.6 Å². The third-order valence-electron chi connectivity index (χ3n) is 0.959. The lowest BCUT2D eigenvalue weighted by molar-refractivity contribution is -0.119. The van der Waals surface area contributed by atoms with Gasteiger partial charge in [0.1, 0.15) is 5.78 Å². The lowest BCUT2D eigenvalue weighted by Gasteiger charge is -2.01. The summed E-state index contributed by atoms with van der Waals surface area (Å²) < 4.78 is 0. The van der Waals surface area contributed by atoms with Crippen LogP contribution in [-0.2, 0) is 4.79 Å². The molecule has 0 fully saturated rings. The molecule has 1 unspecified atom stereocenters. The first-order valence-corrected chi connectivity index (χ1v) is 4.24. The van der Waals surface area contributed by atoms with Gasteiger partial charge < -0.3 is 5.73 Å². The third kappa shape index (κ3) is 6.11. The predicted octanol–water partition coefficient (Wildman–Crippen LogP) is 1.25. The molecule has 0 bridgehead atoms. The van der Waals surface area contributed by atoms with Gasteiger partial charge in [0, 0.05) is 12.2 Å². The molecule has 1 atom stereocenters. The van der Waals surface area contributed by atoms with E-state index in [1.807, 2.05) is 13.8 Å². The lowest BCUT2D eigenvalue weighted by Crippen LogP contribution is -2.31. The van der Waals surface area contributed by atoms with Crippen LogP contribution in [0.3, 0.4) is 0 Å². The molecule has 10 heavy (non-hydrogen) atoms. The maximum atomic E-state index is 10.6. The first-order chi connectivity index (χ1) is 4.72. The van der Waals surface area contributed by atoms with Crippen molar-refractivity contribution >= 4 is 18.4 Å². The van der Waals surface area contributed by atoms with Gasteiger partial charge in [0.05, 0.1) is 6.04 Å². The van der Waals surface area contributed by atoms with E-state index in [9.17, 15) is 4.79 Å². The molecule has 0 saturated heterocycles. The fourth-order valence-corrected chi connectivity index (χ4v) is 0.568. The highest BCUT2D eigenvalue weighted by Crippen LogP contribution is 1.88. The van der Waals surface area contributed by atoms with Crippen LogP contribution in [-0.4, -0.2) is 17.6 Å². The molecule has 2 N–H and O–H groups in total. The van der Waals surface area contributed by atoms with Crippen molar-refractivity contribution in [3.05, 3.63) is 0 Å². The summed E-state index contributed by atoms with van der Waals surface area (Å²) in [5.74, 6) is 0.534. The van der Waals surface area contributed by atoms with Crippen molar-refractivity contribution < 1.29 is 4.79 Å². The van der Waals surface area contributed by atoms with Crippen LogP contribution in [0.2, 0.25) is 0 Å². The van der Waals surface area contributed by atoms with Crippen molar-refractivity contribution in [1.82, 2.24) is 0 Å². The van der Waals surface area contributed by atoms with E-state index in [0.717, 1.165) is 0 Å². The minimum Gasteiger partial charge on any atom is -0.321 e. The fourth-order valence-electron chi connectivity index (χ4n) is 0.364. The molecule has 0 rings (SSSR count). The summed E-state index contributed by atoms with van der Waals surface area (Å²) in [6.07, 6.45) is 0.516. The normalized spacial score (nSPS) is 11.3. The van der Waals surface area contributed by atoms with Crippen molar-refractivity contribution in [3.8, 4) is 0 Å². The molecule has 2 nitrogen and oxygen atoms in total. The van der Waals surface area contributed by atoms with Gasteiger partial charge in [-0.1, -0.05) is 20.8 Å². The summed E-state index contributed by atoms with van der Waals surface area (Å²) in [6, 6.07) is -0.358.